The van der Waals surface area contributed by atoms with Crippen LogP contribution in [-0.4, -0.2) is 23.0 Å². The lowest BCUT2D eigenvalue weighted by molar-refractivity contribution is -0.124. The maximum Gasteiger partial charge on any atom is 0.240 e. The Balaban J connectivity index is 1.45. The van der Waals surface area contributed by atoms with Crippen LogP contribution in [0, 0.1) is 0 Å². The summed E-state index contributed by atoms with van der Waals surface area (Å²) in [5, 5.41) is 7.71. The second-order valence-corrected chi connectivity index (χ2v) is 5.50. The fourth-order valence-corrected chi connectivity index (χ4v) is 2.40. The number of carbonyl (C=O) groups excluding carboxylic acids is 2. The highest BCUT2D eigenvalue weighted by Crippen LogP contribution is 2.15. The number of carbonyl (C=O) groups is 2. The topological polar surface area (TPSA) is 86.3 Å². The van der Waals surface area contributed by atoms with Gasteiger partial charge in [-0.2, -0.15) is 5.10 Å². The molecule has 3 rings (SSSR count). The van der Waals surface area contributed by atoms with Gasteiger partial charge < -0.3 is 10.3 Å². The van der Waals surface area contributed by atoms with Gasteiger partial charge in [-0.05, 0) is 18.2 Å². The first-order valence-corrected chi connectivity index (χ1v) is 7.95. The second kappa shape index (κ2) is 7.92. The van der Waals surface area contributed by atoms with Crippen molar-refractivity contribution in [2.75, 3.05) is 5.32 Å². The molecule has 0 radical (unpaired) electrons. The number of H-pyrrole nitrogens is 1. The molecular formula is C19H18N4O2. The van der Waals surface area contributed by atoms with Crippen molar-refractivity contribution in [2.24, 2.45) is 5.10 Å². The van der Waals surface area contributed by atoms with Gasteiger partial charge in [0, 0.05) is 41.2 Å². The SMILES string of the molecule is O=C(CCC(=O)Nc1ccccc1)NN=Cc1c[nH]c2ccccc12. The monoisotopic (exact) mass is 334 g/mol. The summed E-state index contributed by atoms with van der Waals surface area (Å²) in [5.74, 6) is -0.513. The highest BCUT2D eigenvalue weighted by Gasteiger charge is 2.06. The van der Waals surface area contributed by atoms with Crippen LogP contribution in [0.4, 0.5) is 5.69 Å². The van der Waals surface area contributed by atoms with Crippen molar-refractivity contribution in [1.29, 1.82) is 0 Å². The van der Waals surface area contributed by atoms with E-state index in [1.54, 1.807) is 18.3 Å². The molecule has 0 saturated heterocycles. The fourth-order valence-electron chi connectivity index (χ4n) is 2.40. The maximum absolute atomic E-state index is 11.8. The number of aromatic amines is 1. The number of aromatic nitrogens is 1. The molecule has 0 atom stereocenters. The predicted molar refractivity (Wildman–Crippen MR) is 98.3 cm³/mol. The quantitative estimate of drug-likeness (QED) is 0.478. The number of hydrogen-bond acceptors (Lipinski definition) is 3. The molecule has 2 aromatic carbocycles. The molecule has 3 N–H and O–H groups in total. The van der Waals surface area contributed by atoms with Gasteiger partial charge in [0.2, 0.25) is 11.8 Å². The second-order valence-electron chi connectivity index (χ2n) is 5.50. The summed E-state index contributed by atoms with van der Waals surface area (Å²) < 4.78 is 0. The summed E-state index contributed by atoms with van der Waals surface area (Å²) in [7, 11) is 0. The van der Waals surface area contributed by atoms with Gasteiger partial charge in [-0.25, -0.2) is 5.43 Å². The molecule has 0 aliphatic heterocycles. The first-order chi connectivity index (χ1) is 12.2. The van der Waals surface area contributed by atoms with Crippen LogP contribution in [0.5, 0.6) is 0 Å². The van der Waals surface area contributed by atoms with E-state index in [0.29, 0.717) is 5.69 Å². The molecule has 1 heterocycles. The summed E-state index contributed by atoms with van der Waals surface area (Å²) in [6.45, 7) is 0. The van der Waals surface area contributed by atoms with E-state index >= 15 is 0 Å². The third-order valence-electron chi connectivity index (χ3n) is 3.65. The first kappa shape index (κ1) is 16.4. The number of hydrazone groups is 1. The summed E-state index contributed by atoms with van der Waals surface area (Å²) in [6, 6.07) is 17.0. The largest absolute Gasteiger partial charge is 0.361 e. The van der Waals surface area contributed by atoms with Crippen LogP contribution in [0.3, 0.4) is 0 Å². The van der Waals surface area contributed by atoms with E-state index in [1.807, 2.05) is 48.7 Å². The third-order valence-corrected chi connectivity index (χ3v) is 3.65. The zero-order chi connectivity index (χ0) is 17.5. The van der Waals surface area contributed by atoms with E-state index in [9.17, 15) is 9.59 Å². The lowest BCUT2D eigenvalue weighted by Crippen LogP contribution is -2.20. The molecule has 25 heavy (non-hydrogen) atoms. The minimum atomic E-state index is -0.306. The van der Waals surface area contributed by atoms with Crippen LogP contribution in [0.1, 0.15) is 18.4 Å². The Morgan fingerprint density at radius 3 is 2.52 bits per heavy atom. The highest BCUT2D eigenvalue weighted by molar-refractivity contribution is 5.99. The van der Waals surface area contributed by atoms with Crippen molar-refractivity contribution in [2.45, 2.75) is 12.8 Å². The summed E-state index contributed by atoms with van der Waals surface area (Å²) in [5.41, 5.74) is 5.05. The Bertz CT molecular complexity index is 900. The van der Waals surface area contributed by atoms with Gasteiger partial charge in [0.1, 0.15) is 0 Å². The number of benzene rings is 2. The van der Waals surface area contributed by atoms with E-state index in [4.69, 9.17) is 0 Å². The number of rotatable bonds is 6. The van der Waals surface area contributed by atoms with E-state index in [0.717, 1.165) is 16.5 Å². The molecule has 0 spiro atoms. The number of hydrogen-bond donors (Lipinski definition) is 3. The van der Waals surface area contributed by atoms with Gasteiger partial charge in [0.05, 0.1) is 6.21 Å². The Labute approximate surface area is 144 Å². The summed E-state index contributed by atoms with van der Waals surface area (Å²) in [6.07, 6.45) is 3.58. The standard InChI is InChI=1S/C19H18N4O2/c24-18(22-15-6-2-1-3-7-15)10-11-19(25)23-21-13-14-12-20-17-9-5-4-8-16(14)17/h1-9,12-13,20H,10-11H2,(H,22,24)(H,23,25). The fraction of sp³-hybridized carbons (Fsp3) is 0.105. The van der Waals surface area contributed by atoms with E-state index < -0.39 is 0 Å². The van der Waals surface area contributed by atoms with E-state index in [2.05, 4.69) is 20.8 Å². The molecule has 3 aromatic rings. The van der Waals surface area contributed by atoms with E-state index in [-0.39, 0.29) is 24.7 Å². The molecule has 6 nitrogen and oxygen atoms in total. The number of fused-ring (bicyclic) bond motifs is 1. The maximum atomic E-state index is 11.8. The molecule has 0 unspecified atom stereocenters. The molecular weight excluding hydrogens is 316 g/mol. The zero-order valence-corrected chi connectivity index (χ0v) is 13.5. The number of nitrogens with one attached hydrogen (secondary N) is 3. The Kier molecular flexibility index (Phi) is 5.21. The van der Waals surface area contributed by atoms with Gasteiger partial charge in [-0.15, -0.1) is 0 Å². The smallest absolute Gasteiger partial charge is 0.240 e. The van der Waals surface area contributed by atoms with Gasteiger partial charge >= 0.3 is 0 Å². The van der Waals surface area contributed by atoms with Crippen LogP contribution in [0.15, 0.2) is 65.9 Å². The molecule has 2 amide bonds. The van der Waals surface area contributed by atoms with Crippen LogP contribution in [0.2, 0.25) is 0 Å². The average Bonchev–Trinajstić information content (AvgIpc) is 3.04. The molecule has 0 fully saturated rings. The molecule has 6 heteroatoms. The van der Waals surface area contributed by atoms with Crippen LogP contribution in [0.25, 0.3) is 10.9 Å². The Hall–Kier alpha value is -3.41. The third kappa shape index (κ3) is 4.54. The van der Waals surface area contributed by atoms with Gasteiger partial charge in [-0.1, -0.05) is 36.4 Å². The summed E-state index contributed by atoms with van der Waals surface area (Å²) >= 11 is 0. The summed E-state index contributed by atoms with van der Waals surface area (Å²) in [4.78, 5) is 26.7. The van der Waals surface area contributed by atoms with Crippen molar-refractivity contribution in [3.8, 4) is 0 Å². The van der Waals surface area contributed by atoms with E-state index in [1.165, 1.54) is 0 Å². The highest BCUT2D eigenvalue weighted by atomic mass is 16.2. The molecule has 0 saturated carbocycles. The minimum absolute atomic E-state index is 0.0733. The predicted octanol–water partition coefficient (Wildman–Crippen LogP) is 3.04. The molecule has 1 aromatic heterocycles. The number of anilines is 1. The van der Waals surface area contributed by atoms with Crippen molar-refractivity contribution in [3.63, 3.8) is 0 Å². The molecule has 0 aliphatic carbocycles. The van der Waals surface area contributed by atoms with Gasteiger partial charge in [-0.3, -0.25) is 9.59 Å². The minimum Gasteiger partial charge on any atom is -0.361 e. The zero-order valence-electron chi connectivity index (χ0n) is 13.5. The van der Waals surface area contributed by atoms with Crippen molar-refractivity contribution < 1.29 is 9.59 Å². The van der Waals surface area contributed by atoms with Crippen molar-refractivity contribution in [3.05, 3.63) is 66.4 Å². The Morgan fingerprint density at radius 2 is 1.68 bits per heavy atom. The van der Waals surface area contributed by atoms with Crippen LogP contribution in [-0.2, 0) is 9.59 Å². The lowest BCUT2D eigenvalue weighted by Gasteiger charge is -2.04. The van der Waals surface area contributed by atoms with Gasteiger partial charge in [0.15, 0.2) is 0 Å². The van der Waals surface area contributed by atoms with Crippen LogP contribution < -0.4 is 10.7 Å². The molecule has 126 valence electrons. The lowest BCUT2D eigenvalue weighted by atomic mass is 10.2. The molecule has 0 aliphatic rings. The number of amides is 2. The normalized spacial score (nSPS) is 10.9. The molecule has 0 bridgehead atoms. The average molecular weight is 334 g/mol. The number of para-hydroxylation sites is 2. The number of nitrogens with zero attached hydrogens (tertiary/aromatic N) is 1. The van der Waals surface area contributed by atoms with Crippen LogP contribution >= 0.6 is 0 Å². The van der Waals surface area contributed by atoms with Crippen molar-refractivity contribution >= 4 is 34.6 Å². The Morgan fingerprint density at radius 1 is 0.960 bits per heavy atom. The van der Waals surface area contributed by atoms with Gasteiger partial charge in [0.25, 0.3) is 0 Å². The first-order valence-electron chi connectivity index (χ1n) is 7.95. The van der Waals surface area contributed by atoms with Crippen molar-refractivity contribution in [1.82, 2.24) is 10.4 Å².